The number of hydrogen-bond donors (Lipinski definition) is 1. The van der Waals surface area contributed by atoms with E-state index in [2.05, 4.69) is 24.3 Å². The predicted octanol–water partition coefficient (Wildman–Crippen LogP) is 4.04. The zero-order valence-electron chi connectivity index (χ0n) is 15.0. The Bertz CT molecular complexity index is 720. The van der Waals surface area contributed by atoms with Crippen molar-refractivity contribution in [3.63, 3.8) is 0 Å². The zero-order valence-corrected chi connectivity index (χ0v) is 15.0. The number of carbonyl (C=O) groups is 1. The second-order valence-electron chi connectivity index (χ2n) is 7.14. The van der Waals surface area contributed by atoms with Crippen molar-refractivity contribution in [2.75, 3.05) is 0 Å². The molecule has 0 spiro atoms. The fraction of sp³-hybridized carbons (Fsp3) is 0.500. The number of aromatic nitrogens is 2. The van der Waals surface area contributed by atoms with Crippen LogP contribution in [0.2, 0.25) is 0 Å². The Balaban J connectivity index is 1.84. The van der Waals surface area contributed by atoms with Crippen molar-refractivity contribution in [2.24, 2.45) is 11.8 Å². The van der Waals surface area contributed by atoms with E-state index >= 15 is 0 Å². The molecule has 1 heterocycles. The lowest BCUT2D eigenvalue weighted by molar-refractivity contribution is 0.0890. The summed E-state index contributed by atoms with van der Waals surface area (Å²) in [5.41, 5.74) is 3.37. The summed E-state index contributed by atoms with van der Waals surface area (Å²) in [6.45, 7) is 8.41. The summed E-state index contributed by atoms with van der Waals surface area (Å²) >= 11 is 0. The Morgan fingerprint density at radius 3 is 2.58 bits per heavy atom. The number of nitrogens with zero attached hydrogens (tertiary/aromatic N) is 2. The molecule has 0 saturated heterocycles. The second kappa shape index (κ2) is 6.80. The van der Waals surface area contributed by atoms with Crippen LogP contribution in [0.1, 0.15) is 54.9 Å². The van der Waals surface area contributed by atoms with E-state index in [0.717, 1.165) is 23.5 Å². The van der Waals surface area contributed by atoms with Crippen molar-refractivity contribution in [3.05, 3.63) is 47.3 Å². The van der Waals surface area contributed by atoms with Crippen LogP contribution in [0.4, 0.5) is 0 Å². The van der Waals surface area contributed by atoms with E-state index in [1.165, 1.54) is 12.8 Å². The van der Waals surface area contributed by atoms with E-state index in [0.29, 0.717) is 17.4 Å². The van der Waals surface area contributed by atoms with Crippen LogP contribution in [0.3, 0.4) is 0 Å². The van der Waals surface area contributed by atoms with Gasteiger partial charge in [0.15, 0.2) is 0 Å². The molecule has 4 nitrogen and oxygen atoms in total. The van der Waals surface area contributed by atoms with Gasteiger partial charge in [-0.1, -0.05) is 44.9 Å². The van der Waals surface area contributed by atoms with Gasteiger partial charge in [-0.3, -0.25) is 4.79 Å². The topological polar surface area (TPSA) is 46.9 Å². The normalized spacial score (nSPS) is 23.9. The number of rotatable bonds is 3. The van der Waals surface area contributed by atoms with Crippen LogP contribution in [0.25, 0.3) is 5.69 Å². The Morgan fingerprint density at radius 1 is 1.17 bits per heavy atom. The molecule has 3 atom stereocenters. The molecule has 1 aliphatic carbocycles. The van der Waals surface area contributed by atoms with E-state index in [1.807, 2.05) is 48.9 Å². The minimum atomic E-state index is 0.0122. The van der Waals surface area contributed by atoms with E-state index in [4.69, 9.17) is 0 Å². The van der Waals surface area contributed by atoms with Gasteiger partial charge in [-0.25, -0.2) is 4.68 Å². The van der Waals surface area contributed by atoms with Crippen LogP contribution in [-0.2, 0) is 0 Å². The van der Waals surface area contributed by atoms with Crippen LogP contribution < -0.4 is 5.32 Å². The molecule has 128 valence electrons. The lowest BCUT2D eigenvalue weighted by Crippen LogP contribution is -2.44. The number of carbonyl (C=O) groups excluding carboxylic acids is 1. The van der Waals surface area contributed by atoms with Crippen molar-refractivity contribution in [1.82, 2.24) is 15.1 Å². The van der Waals surface area contributed by atoms with Gasteiger partial charge in [0.1, 0.15) is 0 Å². The Morgan fingerprint density at radius 2 is 1.88 bits per heavy atom. The minimum Gasteiger partial charge on any atom is -0.349 e. The average molecular weight is 325 g/mol. The summed E-state index contributed by atoms with van der Waals surface area (Å²) in [4.78, 5) is 12.9. The fourth-order valence-corrected chi connectivity index (χ4v) is 3.82. The quantitative estimate of drug-likeness (QED) is 0.925. The molecular formula is C20H27N3O. The maximum Gasteiger partial charge on any atom is 0.255 e. The van der Waals surface area contributed by atoms with Crippen LogP contribution in [0.5, 0.6) is 0 Å². The number of benzene rings is 1. The van der Waals surface area contributed by atoms with Crippen molar-refractivity contribution in [2.45, 2.75) is 53.0 Å². The highest BCUT2D eigenvalue weighted by molar-refractivity contribution is 5.96. The third kappa shape index (κ3) is 3.10. The summed E-state index contributed by atoms with van der Waals surface area (Å²) in [5.74, 6) is 1.20. The summed E-state index contributed by atoms with van der Waals surface area (Å²) in [7, 11) is 0. The molecule has 2 aromatic rings. The van der Waals surface area contributed by atoms with E-state index in [9.17, 15) is 4.79 Å². The van der Waals surface area contributed by atoms with Crippen LogP contribution >= 0.6 is 0 Å². The SMILES string of the molecule is Cc1nn(-c2ccccc2)c(C)c1C(=O)NC1CCCC(C)C1C. The second-order valence-corrected chi connectivity index (χ2v) is 7.14. The monoisotopic (exact) mass is 325 g/mol. The first-order chi connectivity index (χ1) is 11.5. The molecule has 1 saturated carbocycles. The van der Waals surface area contributed by atoms with Crippen LogP contribution in [0, 0.1) is 25.7 Å². The Kier molecular flexibility index (Phi) is 4.74. The number of hydrogen-bond acceptors (Lipinski definition) is 2. The third-order valence-corrected chi connectivity index (χ3v) is 5.54. The van der Waals surface area contributed by atoms with E-state index in [-0.39, 0.29) is 11.9 Å². The van der Waals surface area contributed by atoms with E-state index in [1.54, 1.807) is 0 Å². The van der Waals surface area contributed by atoms with Gasteiger partial charge in [-0.15, -0.1) is 0 Å². The molecule has 0 aliphatic heterocycles. The smallest absolute Gasteiger partial charge is 0.255 e. The van der Waals surface area contributed by atoms with Gasteiger partial charge in [0.2, 0.25) is 0 Å². The fourth-order valence-electron chi connectivity index (χ4n) is 3.82. The molecule has 3 unspecified atom stereocenters. The first kappa shape index (κ1) is 16.7. The summed E-state index contributed by atoms with van der Waals surface area (Å²) in [6.07, 6.45) is 3.53. The highest BCUT2D eigenvalue weighted by atomic mass is 16.1. The average Bonchev–Trinajstić information content (AvgIpc) is 2.87. The minimum absolute atomic E-state index is 0.0122. The lowest BCUT2D eigenvalue weighted by Gasteiger charge is -2.34. The maximum absolute atomic E-state index is 12.9. The molecular weight excluding hydrogens is 298 g/mol. The maximum atomic E-state index is 12.9. The van der Waals surface area contributed by atoms with E-state index < -0.39 is 0 Å². The van der Waals surface area contributed by atoms with Gasteiger partial charge < -0.3 is 5.32 Å². The standard InChI is InChI=1S/C20H27N3O/c1-13-9-8-12-18(14(13)2)21-20(24)19-15(3)22-23(16(19)4)17-10-6-5-7-11-17/h5-7,10-11,13-14,18H,8-9,12H2,1-4H3,(H,21,24). The highest BCUT2D eigenvalue weighted by Crippen LogP contribution is 2.30. The molecule has 3 rings (SSSR count). The first-order valence-corrected chi connectivity index (χ1v) is 8.91. The largest absolute Gasteiger partial charge is 0.349 e. The molecule has 24 heavy (non-hydrogen) atoms. The number of para-hydroxylation sites is 1. The summed E-state index contributed by atoms with van der Waals surface area (Å²) < 4.78 is 1.86. The molecule has 4 heteroatoms. The van der Waals surface area contributed by atoms with Crippen molar-refractivity contribution < 1.29 is 4.79 Å². The van der Waals surface area contributed by atoms with Gasteiger partial charge >= 0.3 is 0 Å². The molecule has 1 amide bonds. The van der Waals surface area contributed by atoms with Crippen LogP contribution in [0.15, 0.2) is 30.3 Å². The third-order valence-electron chi connectivity index (χ3n) is 5.54. The number of amides is 1. The summed E-state index contributed by atoms with van der Waals surface area (Å²) in [5, 5.41) is 7.85. The number of nitrogens with one attached hydrogen (secondary N) is 1. The van der Waals surface area contributed by atoms with Crippen molar-refractivity contribution >= 4 is 5.91 Å². The Hall–Kier alpha value is -2.10. The molecule has 1 aliphatic rings. The van der Waals surface area contributed by atoms with Gasteiger partial charge in [0.25, 0.3) is 5.91 Å². The molecule has 1 fully saturated rings. The highest BCUT2D eigenvalue weighted by Gasteiger charge is 2.30. The van der Waals surface area contributed by atoms with Crippen molar-refractivity contribution in [3.8, 4) is 5.69 Å². The molecule has 0 radical (unpaired) electrons. The first-order valence-electron chi connectivity index (χ1n) is 8.91. The molecule has 1 aromatic heterocycles. The number of aryl methyl sites for hydroxylation is 1. The predicted molar refractivity (Wildman–Crippen MR) is 96.5 cm³/mol. The van der Waals surface area contributed by atoms with Crippen molar-refractivity contribution in [1.29, 1.82) is 0 Å². The lowest BCUT2D eigenvalue weighted by atomic mass is 9.78. The molecule has 1 aromatic carbocycles. The molecule has 0 bridgehead atoms. The van der Waals surface area contributed by atoms with Gasteiger partial charge in [0, 0.05) is 6.04 Å². The van der Waals surface area contributed by atoms with Crippen LogP contribution in [-0.4, -0.2) is 21.7 Å². The van der Waals surface area contributed by atoms with Gasteiger partial charge in [-0.2, -0.15) is 5.10 Å². The van der Waals surface area contributed by atoms with Gasteiger partial charge in [0.05, 0.1) is 22.6 Å². The van der Waals surface area contributed by atoms with Gasteiger partial charge in [-0.05, 0) is 44.2 Å². The summed E-state index contributed by atoms with van der Waals surface area (Å²) in [6, 6.07) is 10.2. The zero-order chi connectivity index (χ0) is 17.3. The molecule has 1 N–H and O–H groups in total. The Labute approximate surface area is 144 Å².